The van der Waals surface area contributed by atoms with Gasteiger partial charge in [-0.2, -0.15) is 17.7 Å². The number of aryl methyl sites for hydroxylation is 1. The van der Waals surface area contributed by atoms with Gasteiger partial charge in [-0.15, -0.1) is 0 Å². The van der Waals surface area contributed by atoms with Crippen LogP contribution in [0.5, 0.6) is 0 Å². The monoisotopic (exact) mass is 202 g/mol. The summed E-state index contributed by atoms with van der Waals surface area (Å²) < 4.78 is 0. The second-order valence-corrected chi connectivity index (χ2v) is 3.42. The van der Waals surface area contributed by atoms with Gasteiger partial charge in [0.15, 0.2) is 0 Å². The van der Waals surface area contributed by atoms with Crippen molar-refractivity contribution in [3.05, 3.63) is 17.5 Å². The Balaban J connectivity index is 2.67. The van der Waals surface area contributed by atoms with Crippen molar-refractivity contribution in [1.82, 2.24) is 10.2 Å². The first-order chi connectivity index (χ1) is 6.16. The summed E-state index contributed by atoms with van der Waals surface area (Å²) in [5.74, 6) is 0.551. The van der Waals surface area contributed by atoms with E-state index >= 15 is 0 Å². The van der Waals surface area contributed by atoms with E-state index in [0.29, 0.717) is 17.7 Å². The molecule has 1 heterocycles. The maximum absolute atomic E-state index is 9.65. The Morgan fingerprint density at radius 1 is 1.62 bits per heavy atom. The number of nitrogens with one attached hydrogen (secondary N) is 1. The molecule has 0 aliphatic heterocycles. The topological polar surface area (TPSA) is 69.1 Å². The average molecular weight is 202 g/mol. The van der Waals surface area contributed by atoms with Gasteiger partial charge in [0, 0.05) is 11.3 Å². The van der Waals surface area contributed by atoms with Crippen LogP contribution in [0.3, 0.4) is 0 Å². The smallest absolute Gasteiger partial charge is 0.108 e. The van der Waals surface area contributed by atoms with Crippen molar-refractivity contribution in [1.29, 1.82) is 0 Å². The van der Waals surface area contributed by atoms with Crippen LogP contribution >= 0.6 is 12.6 Å². The molecule has 0 amide bonds. The molecule has 1 aromatic heterocycles. The van der Waals surface area contributed by atoms with Crippen LogP contribution in [-0.4, -0.2) is 32.3 Å². The number of nitrogens with zero attached hydrogens (tertiary/aromatic N) is 1. The molecule has 0 saturated heterocycles. The third-order valence-electron chi connectivity index (χ3n) is 1.98. The molecule has 0 fully saturated rings. The summed E-state index contributed by atoms with van der Waals surface area (Å²) in [6.07, 6.45) is 0.357. The highest BCUT2D eigenvalue weighted by atomic mass is 32.1. The van der Waals surface area contributed by atoms with Gasteiger partial charge in [-0.05, 0) is 19.1 Å². The molecule has 3 N–H and O–H groups in total. The number of aliphatic hydroxyl groups excluding tert-OH is 2. The second kappa shape index (κ2) is 4.64. The molecule has 0 spiro atoms. The largest absolute Gasteiger partial charge is 0.390 e. The summed E-state index contributed by atoms with van der Waals surface area (Å²) >= 11 is 3.98. The first kappa shape index (κ1) is 10.6. The molecule has 0 radical (unpaired) electrons. The molecule has 74 valence electrons. The molecular weight excluding hydrogens is 188 g/mol. The summed E-state index contributed by atoms with van der Waals surface area (Å²) in [6.45, 7) is 1.80. The summed E-state index contributed by atoms with van der Waals surface area (Å²) in [5.41, 5.74) is 1.43. The van der Waals surface area contributed by atoms with Gasteiger partial charge in [0.25, 0.3) is 0 Å². The fourth-order valence-electron chi connectivity index (χ4n) is 1.16. The van der Waals surface area contributed by atoms with Crippen molar-refractivity contribution in [2.24, 2.45) is 0 Å². The Hall–Kier alpha value is -0.520. The quantitative estimate of drug-likeness (QED) is 0.535. The van der Waals surface area contributed by atoms with Gasteiger partial charge < -0.3 is 10.2 Å². The molecule has 5 heteroatoms. The SMILES string of the molecule is Cc1[nH]ncc1C(O)C(O)CCS. The molecular formula is C8H14N2O2S. The predicted octanol–water partition coefficient (Wildman–Crippen LogP) is 0.432. The van der Waals surface area contributed by atoms with Crippen LogP contribution in [0.15, 0.2) is 6.20 Å². The fourth-order valence-corrected chi connectivity index (χ4v) is 1.42. The number of rotatable bonds is 4. The van der Waals surface area contributed by atoms with E-state index in [1.807, 2.05) is 0 Å². The number of aliphatic hydroxyl groups is 2. The predicted molar refractivity (Wildman–Crippen MR) is 52.8 cm³/mol. The van der Waals surface area contributed by atoms with Crippen LogP contribution in [0, 0.1) is 6.92 Å². The van der Waals surface area contributed by atoms with Crippen LogP contribution < -0.4 is 0 Å². The molecule has 2 unspecified atom stereocenters. The lowest BCUT2D eigenvalue weighted by molar-refractivity contribution is 0.0169. The van der Waals surface area contributed by atoms with E-state index < -0.39 is 12.2 Å². The van der Waals surface area contributed by atoms with Crippen LogP contribution in [0.25, 0.3) is 0 Å². The van der Waals surface area contributed by atoms with E-state index in [1.54, 1.807) is 6.92 Å². The molecule has 0 saturated carbocycles. The lowest BCUT2D eigenvalue weighted by atomic mass is 10.0. The number of aromatic nitrogens is 2. The fraction of sp³-hybridized carbons (Fsp3) is 0.625. The van der Waals surface area contributed by atoms with Gasteiger partial charge in [0.1, 0.15) is 6.10 Å². The van der Waals surface area contributed by atoms with Crippen LogP contribution in [-0.2, 0) is 0 Å². The normalized spacial score (nSPS) is 15.7. The number of hydrogen-bond acceptors (Lipinski definition) is 4. The summed E-state index contributed by atoms with van der Waals surface area (Å²) in [5, 5.41) is 25.6. The van der Waals surface area contributed by atoms with Gasteiger partial charge in [-0.3, -0.25) is 5.10 Å². The maximum atomic E-state index is 9.65. The average Bonchev–Trinajstić information content (AvgIpc) is 2.50. The third kappa shape index (κ3) is 2.46. The number of H-pyrrole nitrogens is 1. The minimum atomic E-state index is -0.870. The van der Waals surface area contributed by atoms with Crippen LogP contribution in [0.1, 0.15) is 23.8 Å². The van der Waals surface area contributed by atoms with E-state index in [1.165, 1.54) is 6.20 Å². The molecule has 13 heavy (non-hydrogen) atoms. The van der Waals surface area contributed by atoms with Gasteiger partial charge in [0.2, 0.25) is 0 Å². The standard InChI is InChI=1S/C8H14N2O2S/c1-5-6(4-9-10-5)8(12)7(11)2-3-13/h4,7-8,11-13H,2-3H2,1H3,(H,9,10). The summed E-state index contributed by atoms with van der Waals surface area (Å²) in [4.78, 5) is 0. The zero-order chi connectivity index (χ0) is 9.84. The maximum Gasteiger partial charge on any atom is 0.108 e. The molecule has 0 bridgehead atoms. The Kier molecular flexibility index (Phi) is 3.77. The van der Waals surface area contributed by atoms with Gasteiger partial charge >= 0.3 is 0 Å². The van der Waals surface area contributed by atoms with Crippen molar-refractivity contribution < 1.29 is 10.2 Å². The van der Waals surface area contributed by atoms with Crippen molar-refractivity contribution in [3.63, 3.8) is 0 Å². The number of thiol groups is 1. The third-order valence-corrected chi connectivity index (χ3v) is 2.24. The van der Waals surface area contributed by atoms with Crippen molar-refractivity contribution in [2.75, 3.05) is 5.75 Å². The Morgan fingerprint density at radius 2 is 2.31 bits per heavy atom. The van der Waals surface area contributed by atoms with Crippen molar-refractivity contribution in [3.8, 4) is 0 Å². The Labute approximate surface area is 82.4 Å². The molecule has 4 nitrogen and oxygen atoms in total. The molecule has 1 rings (SSSR count). The van der Waals surface area contributed by atoms with E-state index in [9.17, 15) is 10.2 Å². The second-order valence-electron chi connectivity index (χ2n) is 2.97. The highest BCUT2D eigenvalue weighted by Gasteiger charge is 2.20. The zero-order valence-electron chi connectivity index (χ0n) is 7.44. The first-order valence-corrected chi connectivity index (χ1v) is 4.77. The van der Waals surface area contributed by atoms with Crippen LogP contribution in [0.4, 0.5) is 0 Å². The first-order valence-electron chi connectivity index (χ1n) is 4.13. The van der Waals surface area contributed by atoms with E-state index in [-0.39, 0.29) is 0 Å². The van der Waals surface area contributed by atoms with E-state index in [2.05, 4.69) is 22.8 Å². The van der Waals surface area contributed by atoms with E-state index in [0.717, 1.165) is 5.69 Å². The number of hydrogen-bond donors (Lipinski definition) is 4. The van der Waals surface area contributed by atoms with Crippen LogP contribution in [0.2, 0.25) is 0 Å². The minimum absolute atomic E-state index is 0.467. The molecule has 0 aliphatic rings. The highest BCUT2D eigenvalue weighted by Crippen LogP contribution is 2.20. The Bertz CT molecular complexity index is 264. The lowest BCUT2D eigenvalue weighted by Crippen LogP contribution is -2.18. The van der Waals surface area contributed by atoms with E-state index in [4.69, 9.17) is 0 Å². The minimum Gasteiger partial charge on any atom is -0.390 e. The zero-order valence-corrected chi connectivity index (χ0v) is 8.33. The molecule has 1 aromatic rings. The van der Waals surface area contributed by atoms with Gasteiger partial charge in [-0.25, -0.2) is 0 Å². The van der Waals surface area contributed by atoms with Gasteiger partial charge in [0.05, 0.1) is 12.3 Å². The molecule has 2 atom stereocenters. The molecule has 0 aliphatic carbocycles. The van der Waals surface area contributed by atoms with Crippen molar-refractivity contribution >= 4 is 12.6 Å². The summed E-state index contributed by atoms with van der Waals surface area (Å²) in [6, 6.07) is 0. The van der Waals surface area contributed by atoms with Crippen molar-refractivity contribution in [2.45, 2.75) is 25.6 Å². The summed E-state index contributed by atoms with van der Waals surface area (Å²) in [7, 11) is 0. The van der Waals surface area contributed by atoms with Gasteiger partial charge in [-0.1, -0.05) is 0 Å². The number of aromatic amines is 1. The lowest BCUT2D eigenvalue weighted by Gasteiger charge is -2.16. The highest BCUT2D eigenvalue weighted by molar-refractivity contribution is 7.80. The Morgan fingerprint density at radius 3 is 2.77 bits per heavy atom. The molecule has 0 aromatic carbocycles.